The minimum atomic E-state index is -3.14. The van der Waals surface area contributed by atoms with E-state index in [1.54, 1.807) is 48.5 Å². The number of carbonyl (C=O) groups excluding carboxylic acids is 1. The number of amides is 2. The molecular formula is C17H16Cl2N2O3S. The molecule has 5 nitrogen and oxygen atoms in total. The van der Waals surface area contributed by atoms with Gasteiger partial charge in [-0.3, -0.25) is 4.90 Å². The van der Waals surface area contributed by atoms with E-state index in [0.717, 1.165) is 0 Å². The molecule has 0 aromatic heterocycles. The summed E-state index contributed by atoms with van der Waals surface area (Å²) in [5, 5.41) is 3.81. The highest BCUT2D eigenvalue weighted by Gasteiger charge is 2.35. The summed E-state index contributed by atoms with van der Waals surface area (Å²) in [6, 6.07) is 12.7. The summed E-state index contributed by atoms with van der Waals surface area (Å²) in [5.41, 5.74) is 1.13. The molecule has 8 heteroatoms. The first-order valence-electron chi connectivity index (χ1n) is 7.66. The molecule has 0 radical (unpaired) electrons. The van der Waals surface area contributed by atoms with Crippen LogP contribution >= 0.6 is 23.2 Å². The lowest BCUT2D eigenvalue weighted by molar-refractivity contribution is 0.255. The second-order valence-corrected chi connectivity index (χ2v) is 8.95. The molecule has 2 amide bonds. The number of hydrogen-bond donors (Lipinski definition) is 1. The molecule has 0 aliphatic carbocycles. The van der Waals surface area contributed by atoms with Crippen LogP contribution in [0.15, 0.2) is 48.5 Å². The van der Waals surface area contributed by atoms with Crippen LogP contribution in [0, 0.1) is 0 Å². The minimum absolute atomic E-state index is 0.0570. The molecule has 1 N–H and O–H groups in total. The number of hydrogen-bond acceptors (Lipinski definition) is 3. The van der Waals surface area contributed by atoms with E-state index in [2.05, 4.69) is 5.32 Å². The summed E-state index contributed by atoms with van der Waals surface area (Å²) in [6.45, 7) is 0. The van der Waals surface area contributed by atoms with E-state index in [-0.39, 0.29) is 11.5 Å². The zero-order valence-corrected chi connectivity index (χ0v) is 15.5. The molecule has 0 spiro atoms. The van der Waals surface area contributed by atoms with E-state index < -0.39 is 21.9 Å². The van der Waals surface area contributed by atoms with Crippen molar-refractivity contribution in [3.05, 3.63) is 58.6 Å². The zero-order valence-electron chi connectivity index (χ0n) is 13.2. The van der Waals surface area contributed by atoms with Gasteiger partial charge in [0.25, 0.3) is 0 Å². The number of anilines is 2. The van der Waals surface area contributed by atoms with Gasteiger partial charge in [0.2, 0.25) is 0 Å². The van der Waals surface area contributed by atoms with Crippen molar-refractivity contribution in [2.45, 2.75) is 12.5 Å². The molecular weight excluding hydrogens is 383 g/mol. The number of sulfone groups is 1. The predicted molar refractivity (Wildman–Crippen MR) is 101 cm³/mol. The minimum Gasteiger partial charge on any atom is -0.307 e. The topological polar surface area (TPSA) is 66.5 Å². The van der Waals surface area contributed by atoms with E-state index in [9.17, 15) is 13.2 Å². The van der Waals surface area contributed by atoms with Crippen molar-refractivity contribution in [3.63, 3.8) is 0 Å². The normalized spacial score (nSPS) is 18.7. The summed E-state index contributed by atoms with van der Waals surface area (Å²) in [5.74, 6) is 0.0186. The third-order valence-corrected chi connectivity index (χ3v) is 6.21. The predicted octanol–water partition coefficient (Wildman–Crippen LogP) is 4.22. The summed E-state index contributed by atoms with van der Waals surface area (Å²) in [6.07, 6.45) is 0.397. The maximum Gasteiger partial charge on any atom is 0.326 e. The third kappa shape index (κ3) is 4.45. The van der Waals surface area contributed by atoms with E-state index in [4.69, 9.17) is 23.2 Å². The second kappa shape index (κ2) is 7.23. The van der Waals surface area contributed by atoms with E-state index in [0.29, 0.717) is 27.8 Å². The van der Waals surface area contributed by atoms with Gasteiger partial charge in [0.15, 0.2) is 9.84 Å². The molecule has 1 saturated heterocycles. The molecule has 3 rings (SSSR count). The Balaban J connectivity index is 1.90. The van der Waals surface area contributed by atoms with Gasteiger partial charge in [-0.2, -0.15) is 0 Å². The molecule has 1 heterocycles. The average molecular weight is 399 g/mol. The lowest BCUT2D eigenvalue weighted by Crippen LogP contribution is -2.44. The fourth-order valence-corrected chi connectivity index (χ4v) is 4.84. The highest BCUT2D eigenvalue weighted by atomic mass is 35.5. The second-order valence-electron chi connectivity index (χ2n) is 5.84. The molecule has 0 saturated carbocycles. The Morgan fingerprint density at radius 2 is 1.80 bits per heavy atom. The van der Waals surface area contributed by atoms with Gasteiger partial charge in [-0.25, -0.2) is 13.2 Å². The summed E-state index contributed by atoms with van der Waals surface area (Å²) in [4.78, 5) is 14.3. The van der Waals surface area contributed by atoms with Crippen LogP contribution in [0.1, 0.15) is 6.42 Å². The van der Waals surface area contributed by atoms with Crippen LogP contribution in [-0.4, -0.2) is 32.0 Å². The summed E-state index contributed by atoms with van der Waals surface area (Å²) in [7, 11) is -3.14. The van der Waals surface area contributed by atoms with Crippen LogP contribution in [0.2, 0.25) is 10.0 Å². The van der Waals surface area contributed by atoms with Crippen molar-refractivity contribution < 1.29 is 13.2 Å². The van der Waals surface area contributed by atoms with Gasteiger partial charge in [0.05, 0.1) is 17.5 Å². The first-order chi connectivity index (χ1) is 11.8. The highest BCUT2D eigenvalue weighted by molar-refractivity contribution is 7.91. The van der Waals surface area contributed by atoms with E-state index in [1.165, 1.54) is 4.90 Å². The third-order valence-electron chi connectivity index (χ3n) is 3.97. The lowest BCUT2D eigenvalue weighted by atomic mass is 10.2. The number of halogens is 2. The van der Waals surface area contributed by atoms with Crippen molar-refractivity contribution in [3.8, 4) is 0 Å². The van der Waals surface area contributed by atoms with Gasteiger partial charge in [0.1, 0.15) is 0 Å². The quantitative estimate of drug-likeness (QED) is 0.841. The average Bonchev–Trinajstić information content (AvgIpc) is 2.89. The van der Waals surface area contributed by atoms with Gasteiger partial charge in [-0.15, -0.1) is 0 Å². The molecule has 132 valence electrons. The molecule has 1 atom stereocenters. The maximum absolute atomic E-state index is 12.9. The van der Waals surface area contributed by atoms with Gasteiger partial charge in [0, 0.05) is 21.4 Å². The first-order valence-corrected chi connectivity index (χ1v) is 10.2. The number of nitrogens with zero attached hydrogens (tertiary/aromatic N) is 1. The number of rotatable bonds is 3. The fourth-order valence-electron chi connectivity index (χ4n) is 2.82. The Hall–Kier alpha value is -1.76. The SMILES string of the molecule is O=C(Nc1cccc(Cl)c1)N(c1ccc(Cl)cc1)[C@H]1CCS(=O)(=O)C1. The molecule has 25 heavy (non-hydrogen) atoms. The van der Waals surface area contributed by atoms with Crippen molar-refractivity contribution in [1.29, 1.82) is 0 Å². The van der Waals surface area contributed by atoms with Crippen molar-refractivity contribution in [2.24, 2.45) is 0 Å². The van der Waals surface area contributed by atoms with Gasteiger partial charge < -0.3 is 5.32 Å². The molecule has 1 aliphatic heterocycles. The molecule has 2 aromatic rings. The fraction of sp³-hybridized carbons (Fsp3) is 0.235. The summed E-state index contributed by atoms with van der Waals surface area (Å²) >= 11 is 11.9. The lowest BCUT2D eigenvalue weighted by Gasteiger charge is -2.28. The summed E-state index contributed by atoms with van der Waals surface area (Å²) < 4.78 is 23.7. The molecule has 1 fully saturated rings. The largest absolute Gasteiger partial charge is 0.326 e. The standard InChI is InChI=1S/C17H16Cl2N2O3S/c18-12-4-6-15(7-5-12)21(16-8-9-25(23,24)11-16)17(22)20-14-3-1-2-13(19)10-14/h1-7,10,16H,8-9,11H2,(H,20,22)/t16-/m0/s1. The number of benzene rings is 2. The first kappa shape index (κ1) is 18.0. The number of nitrogens with one attached hydrogen (secondary N) is 1. The molecule has 0 bridgehead atoms. The van der Waals surface area contributed by atoms with Crippen LogP contribution in [-0.2, 0) is 9.84 Å². The van der Waals surface area contributed by atoms with Crippen LogP contribution < -0.4 is 10.2 Å². The van der Waals surface area contributed by atoms with E-state index in [1.807, 2.05) is 0 Å². The Morgan fingerprint density at radius 1 is 1.08 bits per heavy atom. The van der Waals surface area contributed by atoms with Crippen LogP contribution in [0.4, 0.5) is 16.2 Å². The molecule has 0 unspecified atom stereocenters. The van der Waals surface area contributed by atoms with Crippen LogP contribution in [0.3, 0.4) is 0 Å². The van der Waals surface area contributed by atoms with Gasteiger partial charge in [-0.1, -0.05) is 29.3 Å². The smallest absolute Gasteiger partial charge is 0.307 e. The van der Waals surface area contributed by atoms with Crippen LogP contribution in [0.5, 0.6) is 0 Å². The Kier molecular flexibility index (Phi) is 5.22. The molecule has 1 aliphatic rings. The Morgan fingerprint density at radius 3 is 2.40 bits per heavy atom. The van der Waals surface area contributed by atoms with Crippen molar-refractivity contribution >= 4 is 50.4 Å². The highest BCUT2D eigenvalue weighted by Crippen LogP contribution is 2.27. The Labute approximate surface area is 156 Å². The number of carbonyl (C=O) groups is 1. The van der Waals surface area contributed by atoms with Crippen LogP contribution in [0.25, 0.3) is 0 Å². The van der Waals surface area contributed by atoms with Gasteiger partial charge >= 0.3 is 6.03 Å². The van der Waals surface area contributed by atoms with Crippen molar-refractivity contribution in [2.75, 3.05) is 21.7 Å². The maximum atomic E-state index is 12.9. The number of urea groups is 1. The zero-order chi connectivity index (χ0) is 18.0. The van der Waals surface area contributed by atoms with Gasteiger partial charge in [-0.05, 0) is 48.9 Å². The Bertz CT molecular complexity index is 885. The molecule has 2 aromatic carbocycles. The van der Waals surface area contributed by atoms with E-state index >= 15 is 0 Å². The van der Waals surface area contributed by atoms with Crippen molar-refractivity contribution in [1.82, 2.24) is 0 Å². The monoisotopic (exact) mass is 398 g/mol.